The summed E-state index contributed by atoms with van der Waals surface area (Å²) >= 11 is 0. The summed E-state index contributed by atoms with van der Waals surface area (Å²) in [6.07, 6.45) is 0.818. The van der Waals surface area contributed by atoms with Crippen LogP contribution >= 0.6 is 0 Å². The summed E-state index contributed by atoms with van der Waals surface area (Å²) in [5.74, 6) is 0.00213. The molecule has 1 aliphatic heterocycles. The highest BCUT2D eigenvalue weighted by Gasteiger charge is 2.37. The van der Waals surface area contributed by atoms with Gasteiger partial charge in [-0.2, -0.15) is 0 Å². The first-order chi connectivity index (χ1) is 11.6. The predicted octanol–water partition coefficient (Wildman–Crippen LogP) is 0.948. The smallest absolute Gasteiger partial charge is 0.227 e. The van der Waals surface area contributed by atoms with Crippen molar-refractivity contribution in [3.63, 3.8) is 0 Å². The molecule has 1 aromatic carbocycles. The summed E-state index contributed by atoms with van der Waals surface area (Å²) in [7, 11) is 1.67. The number of carbonyl (C=O) groups is 2. The normalized spacial score (nSPS) is 18.7. The number of nitrogens with one attached hydrogen (secondary N) is 2. The molecule has 24 heavy (non-hydrogen) atoms. The average Bonchev–Trinajstić information content (AvgIpc) is 2.93. The Morgan fingerprint density at radius 2 is 2.08 bits per heavy atom. The first kappa shape index (κ1) is 18.4. The van der Waals surface area contributed by atoms with Gasteiger partial charge < -0.3 is 20.3 Å². The molecule has 1 saturated heterocycles. The summed E-state index contributed by atoms with van der Waals surface area (Å²) in [4.78, 5) is 25.6. The number of hydrogen-bond donors (Lipinski definition) is 2. The minimum Gasteiger partial charge on any atom is -0.383 e. The second-order valence-electron chi connectivity index (χ2n) is 6.04. The lowest BCUT2D eigenvalue weighted by Crippen LogP contribution is -2.39. The van der Waals surface area contributed by atoms with Crippen molar-refractivity contribution in [2.75, 3.05) is 39.9 Å². The zero-order chi connectivity index (χ0) is 17.4. The molecule has 6 nitrogen and oxygen atoms in total. The van der Waals surface area contributed by atoms with Gasteiger partial charge >= 0.3 is 0 Å². The molecular weight excluding hydrogens is 306 g/mol. The fourth-order valence-corrected chi connectivity index (χ4v) is 3.13. The third-order valence-electron chi connectivity index (χ3n) is 4.33. The van der Waals surface area contributed by atoms with Gasteiger partial charge in [-0.05, 0) is 12.0 Å². The van der Waals surface area contributed by atoms with Gasteiger partial charge in [0, 0.05) is 46.3 Å². The molecule has 2 N–H and O–H groups in total. The molecule has 2 atom stereocenters. The average molecular weight is 333 g/mol. The topological polar surface area (TPSA) is 70.7 Å². The number of benzene rings is 1. The summed E-state index contributed by atoms with van der Waals surface area (Å²) in [6, 6.07) is 10.1. The van der Waals surface area contributed by atoms with Crippen LogP contribution in [-0.2, 0) is 14.3 Å². The van der Waals surface area contributed by atoms with Gasteiger partial charge in [0.05, 0.1) is 12.5 Å². The van der Waals surface area contributed by atoms with Crippen molar-refractivity contribution in [3.05, 3.63) is 35.9 Å². The molecule has 132 valence electrons. The van der Waals surface area contributed by atoms with Crippen molar-refractivity contribution in [1.82, 2.24) is 15.5 Å². The molecule has 6 heteroatoms. The second kappa shape index (κ2) is 9.39. The van der Waals surface area contributed by atoms with E-state index in [1.807, 2.05) is 23.1 Å². The molecule has 0 bridgehead atoms. The molecule has 0 aromatic heterocycles. The number of likely N-dealkylation sites (tertiary alicyclic amines) is 1. The van der Waals surface area contributed by atoms with E-state index >= 15 is 0 Å². The SMILES string of the molecule is COCCN[C@H](c1ccccc1)[C@@H]1CCN(CCNC(C)=O)C1=O. The Bertz CT molecular complexity index is 536. The predicted molar refractivity (Wildman–Crippen MR) is 92.4 cm³/mol. The zero-order valence-corrected chi connectivity index (χ0v) is 14.5. The molecule has 1 fully saturated rings. The molecule has 0 unspecified atom stereocenters. The van der Waals surface area contributed by atoms with Gasteiger partial charge in [-0.15, -0.1) is 0 Å². The standard InChI is InChI=1S/C18H27N3O3/c1-14(22)19-9-12-21-11-8-16(18(21)23)17(20-10-13-24-2)15-6-4-3-5-7-15/h3-7,16-17,20H,8-13H2,1-2H3,(H,19,22)/t16-,17+/m0/s1. The first-order valence-electron chi connectivity index (χ1n) is 8.44. The Hall–Kier alpha value is -1.92. The lowest BCUT2D eigenvalue weighted by molar-refractivity contribution is -0.132. The lowest BCUT2D eigenvalue weighted by Gasteiger charge is -2.25. The Balaban J connectivity index is 2.01. The number of hydrogen-bond acceptors (Lipinski definition) is 4. The van der Waals surface area contributed by atoms with E-state index < -0.39 is 0 Å². The number of ether oxygens (including phenoxy) is 1. The molecular formula is C18H27N3O3. The van der Waals surface area contributed by atoms with Crippen LogP contribution in [0.4, 0.5) is 0 Å². The van der Waals surface area contributed by atoms with E-state index in [1.165, 1.54) is 6.92 Å². The van der Waals surface area contributed by atoms with Crippen LogP contribution in [0.15, 0.2) is 30.3 Å². The third kappa shape index (κ3) is 5.04. The van der Waals surface area contributed by atoms with Gasteiger partial charge in [0.1, 0.15) is 0 Å². The van der Waals surface area contributed by atoms with Crippen molar-refractivity contribution in [1.29, 1.82) is 0 Å². The number of carbonyl (C=O) groups excluding carboxylic acids is 2. The van der Waals surface area contributed by atoms with Gasteiger partial charge in [-0.3, -0.25) is 9.59 Å². The molecule has 0 aliphatic carbocycles. The van der Waals surface area contributed by atoms with E-state index in [0.29, 0.717) is 26.2 Å². The van der Waals surface area contributed by atoms with Crippen LogP contribution in [0.25, 0.3) is 0 Å². The van der Waals surface area contributed by atoms with Crippen molar-refractivity contribution < 1.29 is 14.3 Å². The largest absolute Gasteiger partial charge is 0.383 e. The molecule has 1 heterocycles. The van der Waals surface area contributed by atoms with Crippen molar-refractivity contribution in [2.24, 2.45) is 5.92 Å². The Kier molecular flexibility index (Phi) is 7.21. The van der Waals surface area contributed by atoms with E-state index in [9.17, 15) is 9.59 Å². The quantitative estimate of drug-likeness (QED) is 0.660. The van der Waals surface area contributed by atoms with Crippen molar-refractivity contribution in [2.45, 2.75) is 19.4 Å². The molecule has 1 aliphatic rings. The monoisotopic (exact) mass is 333 g/mol. The molecule has 0 radical (unpaired) electrons. The highest BCUT2D eigenvalue weighted by atomic mass is 16.5. The molecule has 0 saturated carbocycles. The van der Waals surface area contributed by atoms with Gasteiger partial charge in [0.2, 0.25) is 11.8 Å². The highest BCUT2D eigenvalue weighted by molar-refractivity contribution is 5.82. The van der Waals surface area contributed by atoms with E-state index in [-0.39, 0.29) is 23.8 Å². The minimum atomic E-state index is -0.0819. The fraction of sp³-hybridized carbons (Fsp3) is 0.556. The van der Waals surface area contributed by atoms with Crippen LogP contribution in [0, 0.1) is 5.92 Å². The maximum atomic E-state index is 12.8. The maximum absolute atomic E-state index is 12.8. The van der Waals surface area contributed by atoms with Crippen LogP contribution in [0.3, 0.4) is 0 Å². The summed E-state index contributed by atoms with van der Waals surface area (Å²) in [5, 5.41) is 6.21. The van der Waals surface area contributed by atoms with Crippen LogP contribution < -0.4 is 10.6 Å². The molecule has 0 spiro atoms. The zero-order valence-electron chi connectivity index (χ0n) is 14.5. The maximum Gasteiger partial charge on any atom is 0.227 e. The molecule has 2 amide bonds. The first-order valence-corrected chi connectivity index (χ1v) is 8.44. The Morgan fingerprint density at radius 1 is 1.33 bits per heavy atom. The van der Waals surface area contributed by atoms with Gasteiger partial charge in [-0.1, -0.05) is 30.3 Å². The fourth-order valence-electron chi connectivity index (χ4n) is 3.13. The summed E-state index contributed by atoms with van der Waals surface area (Å²) in [5.41, 5.74) is 1.12. The number of rotatable bonds is 9. The van der Waals surface area contributed by atoms with Gasteiger partial charge in [0.25, 0.3) is 0 Å². The van der Waals surface area contributed by atoms with E-state index in [0.717, 1.165) is 18.5 Å². The third-order valence-corrected chi connectivity index (χ3v) is 4.33. The van der Waals surface area contributed by atoms with Gasteiger partial charge in [0.15, 0.2) is 0 Å². The van der Waals surface area contributed by atoms with Crippen LogP contribution in [0.5, 0.6) is 0 Å². The summed E-state index contributed by atoms with van der Waals surface area (Å²) < 4.78 is 5.12. The number of amides is 2. The lowest BCUT2D eigenvalue weighted by atomic mass is 9.91. The number of nitrogens with zero attached hydrogens (tertiary/aromatic N) is 1. The Morgan fingerprint density at radius 3 is 2.75 bits per heavy atom. The highest BCUT2D eigenvalue weighted by Crippen LogP contribution is 2.31. The minimum absolute atomic E-state index is 0.0142. The summed E-state index contributed by atoms with van der Waals surface area (Å²) in [6.45, 7) is 4.59. The van der Waals surface area contributed by atoms with E-state index in [1.54, 1.807) is 7.11 Å². The van der Waals surface area contributed by atoms with Crippen molar-refractivity contribution >= 4 is 11.8 Å². The van der Waals surface area contributed by atoms with Gasteiger partial charge in [-0.25, -0.2) is 0 Å². The molecule has 1 aromatic rings. The van der Waals surface area contributed by atoms with Crippen LogP contribution in [-0.4, -0.2) is 56.6 Å². The second-order valence-corrected chi connectivity index (χ2v) is 6.04. The molecule has 2 rings (SSSR count). The number of methoxy groups -OCH3 is 1. The van der Waals surface area contributed by atoms with E-state index in [2.05, 4.69) is 22.8 Å². The van der Waals surface area contributed by atoms with E-state index in [4.69, 9.17) is 4.74 Å². The van der Waals surface area contributed by atoms with Crippen molar-refractivity contribution in [3.8, 4) is 0 Å². The van der Waals surface area contributed by atoms with Crippen LogP contribution in [0.2, 0.25) is 0 Å². The van der Waals surface area contributed by atoms with Crippen LogP contribution in [0.1, 0.15) is 24.9 Å². The Labute approximate surface area is 143 Å².